The monoisotopic (exact) mass is 544 g/mol. The summed E-state index contributed by atoms with van der Waals surface area (Å²) in [5.74, 6) is 0. The Hall–Kier alpha value is -3.06. The molecule has 0 unspecified atom stereocenters. The molecule has 0 amide bonds. The van der Waals surface area contributed by atoms with Crippen LogP contribution >= 0.6 is 68.0 Å². The van der Waals surface area contributed by atoms with E-state index < -0.39 is 0 Å². The number of nitriles is 4. The minimum Gasteiger partial charge on any atom is -0.192 e. The van der Waals surface area contributed by atoms with Crippen LogP contribution in [0.5, 0.6) is 0 Å². The summed E-state index contributed by atoms with van der Waals surface area (Å²) in [6.45, 7) is 1.85. The maximum atomic E-state index is 9.29. The summed E-state index contributed by atoms with van der Waals surface area (Å²) in [6, 6.07) is 10.1. The van der Waals surface area contributed by atoms with Crippen molar-refractivity contribution in [2.75, 3.05) is 0 Å². The summed E-state index contributed by atoms with van der Waals surface area (Å²) in [5, 5.41) is 38.6. The molecule has 6 rings (SSSR count). The maximum Gasteiger partial charge on any atom is 0.133 e. The molecule has 6 aromatic rings. The van der Waals surface area contributed by atoms with E-state index in [4.69, 9.17) is 10.5 Å². The number of nitrogens with zero attached hydrogens (tertiary/aromatic N) is 4. The zero-order valence-corrected chi connectivity index (χ0v) is 22.1. The van der Waals surface area contributed by atoms with Crippen LogP contribution in [0.25, 0.3) is 52.6 Å². The molecule has 0 spiro atoms. The fraction of sp³-hybridized carbons (Fsp3) is 0.0833. The summed E-state index contributed by atoms with van der Waals surface area (Å²) in [6.07, 6.45) is 2.29. The van der Waals surface area contributed by atoms with E-state index in [1.54, 1.807) is 40.1 Å². The van der Waals surface area contributed by atoms with Gasteiger partial charge in [-0.15, -0.1) is 68.0 Å². The van der Waals surface area contributed by atoms with Crippen LogP contribution in [0.2, 0.25) is 0 Å². The average Bonchev–Trinajstić information content (AvgIpc) is 3.63. The first kappa shape index (κ1) is 21.5. The first-order valence-corrected chi connectivity index (χ1v) is 14.8. The molecule has 0 aliphatic rings. The lowest BCUT2D eigenvalue weighted by Gasteiger charge is -1.96. The molecule has 0 aliphatic carbocycles. The molecule has 0 atom stereocenters. The molecule has 6 aromatic heterocycles. The van der Waals surface area contributed by atoms with Gasteiger partial charge in [0.15, 0.2) is 0 Å². The highest BCUT2D eigenvalue weighted by atomic mass is 32.1. The highest BCUT2D eigenvalue weighted by Gasteiger charge is 2.23. The van der Waals surface area contributed by atoms with Crippen LogP contribution in [0.1, 0.15) is 17.4 Å². The fourth-order valence-corrected chi connectivity index (χ4v) is 12.8. The second-order valence-electron chi connectivity index (χ2n) is 7.37. The molecule has 0 bridgehead atoms. The highest BCUT2D eigenvalue weighted by Crippen LogP contribution is 2.56. The predicted molar refractivity (Wildman–Crippen MR) is 148 cm³/mol. The number of hydrogen-bond donors (Lipinski definition) is 0. The lowest BCUT2D eigenvalue weighted by molar-refractivity contribution is 1.32. The summed E-state index contributed by atoms with van der Waals surface area (Å²) in [5.41, 5.74) is 2.05. The van der Waals surface area contributed by atoms with E-state index in [-0.39, 0.29) is 11.1 Å². The average molecular weight is 545 g/mol. The van der Waals surface area contributed by atoms with E-state index in [1.807, 2.05) is 65.2 Å². The van der Waals surface area contributed by atoms with Crippen molar-refractivity contribution in [3.05, 3.63) is 39.1 Å². The van der Waals surface area contributed by atoms with Gasteiger partial charge in [-0.05, 0) is 18.6 Å². The quantitative estimate of drug-likeness (QED) is 0.207. The number of hydrogen-bond acceptors (Lipinski definition) is 10. The van der Waals surface area contributed by atoms with Gasteiger partial charge >= 0.3 is 0 Å². The third-order valence-corrected chi connectivity index (χ3v) is 13.7. The van der Waals surface area contributed by atoms with Crippen molar-refractivity contribution in [1.82, 2.24) is 0 Å². The Balaban J connectivity index is 1.51. The molecule has 0 saturated carbocycles. The molecule has 0 radical (unpaired) electrons. The van der Waals surface area contributed by atoms with Gasteiger partial charge < -0.3 is 0 Å². The minimum atomic E-state index is 0.153. The lowest BCUT2D eigenvalue weighted by Crippen LogP contribution is -1.81. The van der Waals surface area contributed by atoms with Crippen molar-refractivity contribution in [3.63, 3.8) is 0 Å². The molecule has 34 heavy (non-hydrogen) atoms. The van der Waals surface area contributed by atoms with Gasteiger partial charge in [-0.3, -0.25) is 0 Å². The Morgan fingerprint density at radius 3 is 1.97 bits per heavy atom. The normalized spacial score (nSPS) is 11.1. The van der Waals surface area contributed by atoms with Crippen molar-refractivity contribution in [2.24, 2.45) is 0 Å². The first-order chi connectivity index (χ1) is 16.6. The van der Waals surface area contributed by atoms with Gasteiger partial charge in [0, 0.05) is 26.9 Å². The maximum absolute atomic E-state index is 9.29. The van der Waals surface area contributed by atoms with Crippen LogP contribution < -0.4 is 0 Å². The summed E-state index contributed by atoms with van der Waals surface area (Å²) >= 11 is 10.7. The molecule has 0 aromatic carbocycles. The molecule has 0 N–H and O–H groups in total. The van der Waals surface area contributed by atoms with E-state index in [0.717, 1.165) is 20.7 Å². The van der Waals surface area contributed by atoms with Crippen LogP contribution in [-0.2, 0) is 6.42 Å². The molecule has 160 valence electrons. The molecular weight excluding hydrogens is 537 g/mol. The Morgan fingerprint density at radius 2 is 1.32 bits per heavy atom. The van der Waals surface area contributed by atoms with Gasteiger partial charge in [0.2, 0.25) is 0 Å². The Morgan fingerprint density at radius 1 is 0.735 bits per heavy atom. The standard InChI is InChI=1S/C24H8N4S6/c1-10(12(7-27)8-28)14-9-29-18-16(14)32-22-20(18)34-23-21-19(33-24(22)23)17-15(31-21)4-13(30-17)3-2-11(5-25)6-26/h2,4,9H,3H2,1H3. The van der Waals surface area contributed by atoms with Gasteiger partial charge in [0.25, 0.3) is 0 Å². The summed E-state index contributed by atoms with van der Waals surface area (Å²) in [7, 11) is 0. The SMILES string of the molecule is CC(=C(C#N)C#N)c1csc2c1sc1c2sc2c3sc4cc(CC=C(C#N)C#N)sc4c3sc12. The van der Waals surface area contributed by atoms with Crippen molar-refractivity contribution in [3.8, 4) is 24.3 Å². The van der Waals surface area contributed by atoms with Gasteiger partial charge in [0.1, 0.15) is 35.4 Å². The van der Waals surface area contributed by atoms with Gasteiger partial charge in [0.05, 0.1) is 42.3 Å². The van der Waals surface area contributed by atoms with E-state index in [9.17, 15) is 10.5 Å². The Kier molecular flexibility index (Phi) is 5.06. The summed E-state index contributed by atoms with van der Waals surface area (Å²) < 4.78 is 12.8. The molecule has 4 nitrogen and oxygen atoms in total. The Labute approximate surface area is 217 Å². The zero-order chi connectivity index (χ0) is 23.6. The number of rotatable bonds is 3. The second-order valence-corrected chi connectivity index (χ2v) is 13.5. The zero-order valence-electron chi connectivity index (χ0n) is 17.2. The number of thiophene rings is 6. The first-order valence-electron chi connectivity index (χ1n) is 9.79. The summed E-state index contributed by atoms with van der Waals surface area (Å²) in [4.78, 5) is 1.15. The largest absolute Gasteiger partial charge is 0.192 e. The van der Waals surface area contributed by atoms with Crippen LogP contribution in [0, 0.1) is 45.3 Å². The fourth-order valence-electron chi connectivity index (χ4n) is 3.86. The number of fused-ring (bicyclic) bond motifs is 9. The molecule has 0 fully saturated rings. The van der Waals surface area contributed by atoms with Gasteiger partial charge in [-0.25, -0.2) is 0 Å². The van der Waals surface area contributed by atoms with Crippen molar-refractivity contribution < 1.29 is 0 Å². The third kappa shape index (κ3) is 2.99. The van der Waals surface area contributed by atoms with E-state index in [1.165, 1.54) is 42.3 Å². The second kappa shape index (κ2) is 8.01. The van der Waals surface area contributed by atoms with E-state index >= 15 is 0 Å². The van der Waals surface area contributed by atoms with Gasteiger partial charge in [-0.2, -0.15) is 21.0 Å². The van der Waals surface area contributed by atoms with Crippen LogP contribution in [-0.4, -0.2) is 0 Å². The van der Waals surface area contributed by atoms with Crippen molar-refractivity contribution >= 4 is 121 Å². The van der Waals surface area contributed by atoms with Crippen molar-refractivity contribution in [1.29, 1.82) is 21.0 Å². The van der Waals surface area contributed by atoms with Crippen molar-refractivity contribution in [2.45, 2.75) is 13.3 Å². The van der Waals surface area contributed by atoms with E-state index in [0.29, 0.717) is 6.42 Å². The molecule has 10 heteroatoms. The van der Waals surface area contributed by atoms with Gasteiger partial charge in [-0.1, -0.05) is 6.08 Å². The molecular formula is C24H8N4S6. The third-order valence-electron chi connectivity index (χ3n) is 5.51. The lowest BCUT2D eigenvalue weighted by atomic mass is 10.1. The van der Waals surface area contributed by atoms with E-state index in [2.05, 4.69) is 11.4 Å². The van der Waals surface area contributed by atoms with Crippen LogP contribution in [0.15, 0.2) is 28.7 Å². The smallest absolute Gasteiger partial charge is 0.133 e. The number of allylic oxidation sites excluding steroid dienone is 4. The predicted octanol–water partition coefficient (Wildman–Crippen LogP) is 9.16. The Bertz CT molecular complexity index is 2020. The molecule has 6 heterocycles. The minimum absolute atomic E-state index is 0.153. The highest BCUT2D eigenvalue weighted by molar-refractivity contribution is 7.50. The van der Waals surface area contributed by atoms with Crippen LogP contribution in [0.3, 0.4) is 0 Å². The van der Waals surface area contributed by atoms with Crippen LogP contribution in [0.4, 0.5) is 0 Å². The topological polar surface area (TPSA) is 95.2 Å². The molecule has 0 aliphatic heterocycles. The molecule has 0 saturated heterocycles.